The van der Waals surface area contributed by atoms with Crippen LogP contribution in [0.4, 0.5) is 13.6 Å². The number of benzene rings is 1. The van der Waals surface area contributed by atoms with Crippen molar-refractivity contribution in [2.75, 3.05) is 0 Å². The minimum atomic E-state index is -0.898. The molecule has 0 bridgehead atoms. The lowest BCUT2D eigenvalue weighted by atomic mass is 10.2. The molecule has 4 nitrogen and oxygen atoms in total. The molecule has 0 fully saturated rings. The highest BCUT2D eigenvalue weighted by Crippen LogP contribution is 2.28. The predicted molar refractivity (Wildman–Crippen MR) is 62.1 cm³/mol. The summed E-state index contributed by atoms with van der Waals surface area (Å²) >= 11 is 5.71. The number of halogens is 4. The van der Waals surface area contributed by atoms with Crippen LogP contribution in [0.25, 0.3) is 0 Å². The van der Waals surface area contributed by atoms with Gasteiger partial charge in [0, 0.05) is 5.56 Å². The summed E-state index contributed by atoms with van der Waals surface area (Å²) in [4.78, 5) is 10.3. The van der Waals surface area contributed by atoms with Crippen molar-refractivity contribution >= 4 is 44.1 Å². The van der Waals surface area contributed by atoms with Crippen LogP contribution in [-0.2, 0) is 0 Å². The first-order chi connectivity index (χ1) is 7.43. The monoisotopic (exact) mass is 355 g/mol. The van der Waals surface area contributed by atoms with Crippen molar-refractivity contribution in [3.8, 4) is 0 Å². The largest absolute Gasteiger partial charge is 0.350 e. The average Bonchev–Trinajstić information content (AvgIpc) is 2.19. The molecule has 0 unspecified atom stereocenters. The molecule has 0 saturated carbocycles. The Morgan fingerprint density at radius 1 is 1.50 bits per heavy atom. The number of nitrogens with zero attached hydrogens (tertiary/aromatic N) is 1. The summed E-state index contributed by atoms with van der Waals surface area (Å²) in [5.74, 6) is -1.36. The van der Waals surface area contributed by atoms with E-state index in [0.717, 1.165) is 12.3 Å². The number of carbonyl (C=O) groups is 1. The van der Waals surface area contributed by atoms with Crippen molar-refractivity contribution in [3.05, 3.63) is 32.2 Å². The van der Waals surface area contributed by atoms with E-state index >= 15 is 0 Å². The number of rotatable bonds is 2. The fourth-order valence-corrected chi connectivity index (χ4v) is 2.03. The van der Waals surface area contributed by atoms with E-state index in [0.29, 0.717) is 0 Å². The number of carbonyl (C=O) groups excluding carboxylic acids is 1. The Morgan fingerprint density at radius 2 is 2.12 bits per heavy atom. The van der Waals surface area contributed by atoms with Crippen molar-refractivity contribution in [1.82, 2.24) is 5.43 Å². The average molecular weight is 357 g/mol. The summed E-state index contributed by atoms with van der Waals surface area (Å²) in [5, 5.41) is 3.33. The van der Waals surface area contributed by atoms with Crippen LogP contribution in [0.3, 0.4) is 0 Å². The zero-order valence-electron chi connectivity index (χ0n) is 7.60. The molecule has 0 aliphatic carbocycles. The lowest BCUT2D eigenvalue weighted by Gasteiger charge is -2.03. The van der Waals surface area contributed by atoms with Gasteiger partial charge in [-0.25, -0.2) is 19.0 Å². The third-order valence-corrected chi connectivity index (χ3v) is 2.87. The SMILES string of the molecule is NC(=O)NN=Cc1c(F)cc(Br)c(F)c1Br. The fourth-order valence-electron chi connectivity index (χ4n) is 0.859. The normalized spacial score (nSPS) is 10.8. The van der Waals surface area contributed by atoms with E-state index < -0.39 is 17.7 Å². The van der Waals surface area contributed by atoms with Gasteiger partial charge in [-0.15, -0.1) is 0 Å². The molecular weight excluding hydrogens is 352 g/mol. The summed E-state index contributed by atoms with van der Waals surface area (Å²) in [5.41, 5.74) is 6.47. The Hall–Kier alpha value is -1.02. The number of hydrazone groups is 1. The number of primary amides is 1. The lowest BCUT2D eigenvalue weighted by Crippen LogP contribution is -2.24. The van der Waals surface area contributed by atoms with Gasteiger partial charge in [-0.05, 0) is 37.9 Å². The summed E-state index contributed by atoms with van der Waals surface area (Å²) in [6.45, 7) is 0. The van der Waals surface area contributed by atoms with E-state index in [9.17, 15) is 13.6 Å². The third kappa shape index (κ3) is 2.99. The van der Waals surface area contributed by atoms with Crippen LogP contribution < -0.4 is 11.2 Å². The Labute approximate surface area is 106 Å². The summed E-state index contributed by atoms with van der Waals surface area (Å²) in [6.07, 6.45) is 0.944. The molecule has 1 rings (SSSR count). The summed E-state index contributed by atoms with van der Waals surface area (Å²) in [6, 6.07) is 0.0523. The third-order valence-electron chi connectivity index (χ3n) is 1.52. The highest BCUT2D eigenvalue weighted by atomic mass is 79.9. The molecule has 0 spiro atoms. The van der Waals surface area contributed by atoms with Crippen molar-refractivity contribution in [2.45, 2.75) is 0 Å². The quantitative estimate of drug-likeness (QED) is 0.363. The second-order valence-electron chi connectivity index (χ2n) is 2.62. The number of hydrogen-bond acceptors (Lipinski definition) is 2. The van der Waals surface area contributed by atoms with Crippen LogP contribution in [0.5, 0.6) is 0 Å². The van der Waals surface area contributed by atoms with Crippen LogP contribution >= 0.6 is 31.9 Å². The number of nitrogens with two attached hydrogens (primary N) is 1. The fraction of sp³-hybridized carbons (Fsp3) is 0. The van der Waals surface area contributed by atoms with Gasteiger partial charge < -0.3 is 5.73 Å². The molecule has 0 heterocycles. The zero-order valence-corrected chi connectivity index (χ0v) is 10.8. The minimum absolute atomic E-state index is 0.0168. The van der Waals surface area contributed by atoms with Crippen LogP contribution in [0.15, 0.2) is 20.1 Å². The Bertz CT molecular complexity index is 465. The van der Waals surface area contributed by atoms with Crippen molar-refractivity contribution in [3.63, 3.8) is 0 Å². The number of nitrogens with one attached hydrogen (secondary N) is 1. The first-order valence-corrected chi connectivity index (χ1v) is 5.43. The zero-order chi connectivity index (χ0) is 12.3. The Balaban J connectivity index is 3.09. The molecule has 0 aliphatic rings. The van der Waals surface area contributed by atoms with Gasteiger partial charge in [-0.3, -0.25) is 0 Å². The highest BCUT2D eigenvalue weighted by molar-refractivity contribution is 9.11. The molecule has 8 heteroatoms. The van der Waals surface area contributed by atoms with Crippen LogP contribution in [-0.4, -0.2) is 12.2 Å². The molecule has 0 radical (unpaired) electrons. The van der Waals surface area contributed by atoms with Gasteiger partial charge in [-0.1, -0.05) is 0 Å². The van der Waals surface area contributed by atoms with E-state index in [-0.39, 0.29) is 14.5 Å². The number of urea groups is 1. The van der Waals surface area contributed by atoms with E-state index in [1.807, 2.05) is 5.43 Å². The van der Waals surface area contributed by atoms with Gasteiger partial charge in [-0.2, -0.15) is 5.10 Å². The van der Waals surface area contributed by atoms with Gasteiger partial charge in [0.05, 0.1) is 15.2 Å². The summed E-state index contributed by atoms with van der Waals surface area (Å²) in [7, 11) is 0. The second kappa shape index (κ2) is 5.35. The molecule has 3 N–H and O–H groups in total. The molecule has 16 heavy (non-hydrogen) atoms. The van der Waals surface area contributed by atoms with Gasteiger partial charge in [0.25, 0.3) is 0 Å². The standard InChI is InChI=1S/C8H5Br2F2N3O/c9-4-1-5(11)3(6(10)7(4)12)2-14-15-8(13)16/h1-2H,(H3,13,15,16). The van der Waals surface area contributed by atoms with Crippen molar-refractivity contribution < 1.29 is 13.6 Å². The molecule has 86 valence electrons. The number of hydrogen-bond donors (Lipinski definition) is 2. The maximum atomic E-state index is 13.4. The van der Waals surface area contributed by atoms with Gasteiger partial charge in [0.1, 0.15) is 5.82 Å². The van der Waals surface area contributed by atoms with E-state index in [1.165, 1.54) is 0 Å². The maximum Gasteiger partial charge on any atom is 0.332 e. The van der Waals surface area contributed by atoms with Crippen LogP contribution in [0, 0.1) is 11.6 Å². The Kier molecular flexibility index (Phi) is 4.36. The molecule has 1 aromatic carbocycles. The molecule has 2 amide bonds. The first-order valence-electron chi connectivity index (χ1n) is 3.85. The number of amides is 2. The molecule has 0 saturated heterocycles. The van der Waals surface area contributed by atoms with Crippen LogP contribution in [0.2, 0.25) is 0 Å². The first kappa shape index (κ1) is 13.0. The molecule has 0 aromatic heterocycles. The van der Waals surface area contributed by atoms with Crippen molar-refractivity contribution in [2.24, 2.45) is 10.8 Å². The maximum absolute atomic E-state index is 13.4. The molecular formula is C8H5Br2F2N3O. The smallest absolute Gasteiger partial charge is 0.332 e. The summed E-state index contributed by atoms with van der Waals surface area (Å²) < 4.78 is 26.6. The highest BCUT2D eigenvalue weighted by Gasteiger charge is 2.13. The lowest BCUT2D eigenvalue weighted by molar-refractivity contribution is 0.249. The molecule has 0 aliphatic heterocycles. The van der Waals surface area contributed by atoms with Crippen molar-refractivity contribution in [1.29, 1.82) is 0 Å². The van der Waals surface area contributed by atoms with Crippen LogP contribution in [0.1, 0.15) is 5.56 Å². The van der Waals surface area contributed by atoms with E-state index in [1.54, 1.807) is 0 Å². The predicted octanol–water partition coefficient (Wildman–Crippen LogP) is 2.49. The van der Waals surface area contributed by atoms with Gasteiger partial charge in [0.15, 0.2) is 5.82 Å². The second-order valence-corrected chi connectivity index (χ2v) is 4.26. The molecule has 1 aromatic rings. The van der Waals surface area contributed by atoms with E-state index in [2.05, 4.69) is 37.0 Å². The topological polar surface area (TPSA) is 67.5 Å². The molecule has 0 atom stereocenters. The van der Waals surface area contributed by atoms with Gasteiger partial charge in [0.2, 0.25) is 0 Å². The Morgan fingerprint density at radius 3 is 2.69 bits per heavy atom. The van der Waals surface area contributed by atoms with Gasteiger partial charge >= 0.3 is 6.03 Å². The minimum Gasteiger partial charge on any atom is -0.350 e. The van der Waals surface area contributed by atoms with E-state index in [4.69, 9.17) is 5.73 Å².